The summed E-state index contributed by atoms with van der Waals surface area (Å²) in [5.74, 6) is 2.81. The van der Waals surface area contributed by atoms with Crippen LogP contribution in [-0.4, -0.2) is 25.1 Å². The molecule has 0 spiro atoms. The number of methoxy groups -OCH3 is 1. The molecule has 0 fully saturated rings. The van der Waals surface area contributed by atoms with Crippen LogP contribution < -0.4 is 20.1 Å². The highest BCUT2D eigenvalue weighted by molar-refractivity contribution is 14.0. The van der Waals surface area contributed by atoms with Gasteiger partial charge in [-0.3, -0.25) is 4.99 Å². The Morgan fingerprint density at radius 3 is 2.27 bits per heavy atom. The van der Waals surface area contributed by atoms with Gasteiger partial charge in [0.2, 0.25) is 5.88 Å². The normalized spacial score (nSPS) is 10.8. The molecule has 30 heavy (non-hydrogen) atoms. The van der Waals surface area contributed by atoms with Crippen molar-refractivity contribution in [1.82, 2.24) is 15.6 Å². The van der Waals surface area contributed by atoms with Crippen LogP contribution in [0.3, 0.4) is 0 Å². The average Bonchev–Trinajstić information content (AvgIpc) is 3.23. The van der Waals surface area contributed by atoms with Gasteiger partial charge in [-0.05, 0) is 48.4 Å². The average molecular weight is 538 g/mol. The van der Waals surface area contributed by atoms with Crippen LogP contribution in [0.4, 0.5) is 0 Å². The predicted molar refractivity (Wildman–Crippen MR) is 133 cm³/mol. The van der Waals surface area contributed by atoms with Crippen molar-refractivity contribution >= 4 is 41.3 Å². The summed E-state index contributed by atoms with van der Waals surface area (Å²) in [6.07, 6.45) is 2.87. The molecule has 0 aliphatic rings. The Kier molecular flexibility index (Phi) is 9.88. The Hall–Kier alpha value is -2.33. The van der Waals surface area contributed by atoms with Crippen LogP contribution >= 0.6 is 35.3 Å². The highest BCUT2D eigenvalue weighted by Gasteiger charge is 2.03. The van der Waals surface area contributed by atoms with Crippen LogP contribution in [0.15, 0.2) is 59.7 Å². The van der Waals surface area contributed by atoms with Gasteiger partial charge in [-0.2, -0.15) is 0 Å². The van der Waals surface area contributed by atoms with E-state index in [-0.39, 0.29) is 24.0 Å². The van der Waals surface area contributed by atoms with Gasteiger partial charge in [0.15, 0.2) is 5.96 Å². The maximum absolute atomic E-state index is 5.76. The highest BCUT2D eigenvalue weighted by atomic mass is 127. The zero-order valence-corrected chi connectivity index (χ0v) is 20.5. The molecule has 2 N–H and O–H groups in total. The first kappa shape index (κ1) is 23.9. The molecule has 2 aromatic heterocycles. The fourth-order valence-electron chi connectivity index (χ4n) is 2.62. The van der Waals surface area contributed by atoms with Crippen molar-refractivity contribution in [3.63, 3.8) is 0 Å². The molecule has 1 aromatic carbocycles. The van der Waals surface area contributed by atoms with E-state index in [9.17, 15) is 0 Å². The van der Waals surface area contributed by atoms with Crippen LogP contribution in [0, 0.1) is 0 Å². The molecule has 160 valence electrons. The summed E-state index contributed by atoms with van der Waals surface area (Å²) in [6.45, 7) is 3.56. The number of aryl methyl sites for hydroxylation is 1. The Bertz CT molecular complexity index is 927. The monoisotopic (exact) mass is 538 g/mol. The van der Waals surface area contributed by atoms with Gasteiger partial charge in [-0.15, -0.1) is 35.3 Å². The van der Waals surface area contributed by atoms with Crippen molar-refractivity contribution in [2.75, 3.05) is 14.2 Å². The zero-order chi connectivity index (χ0) is 20.5. The number of ether oxygens (including phenoxy) is 2. The largest absolute Gasteiger partial charge is 0.497 e. The quantitative estimate of drug-likeness (QED) is 0.240. The molecule has 0 amide bonds. The van der Waals surface area contributed by atoms with Crippen molar-refractivity contribution < 1.29 is 9.47 Å². The smallest absolute Gasteiger partial charge is 0.219 e. The van der Waals surface area contributed by atoms with Crippen molar-refractivity contribution in [2.45, 2.75) is 26.4 Å². The van der Waals surface area contributed by atoms with Crippen molar-refractivity contribution in [3.8, 4) is 17.4 Å². The Labute approximate surface area is 198 Å². The van der Waals surface area contributed by atoms with E-state index < -0.39 is 0 Å². The molecular formula is C22H27IN4O2S. The first-order valence-corrected chi connectivity index (χ1v) is 10.3. The molecule has 6 nitrogen and oxygen atoms in total. The first-order valence-electron chi connectivity index (χ1n) is 9.49. The second kappa shape index (κ2) is 12.4. The lowest BCUT2D eigenvalue weighted by atomic mass is 10.3. The number of pyridine rings is 1. The second-order valence-corrected chi connectivity index (χ2v) is 7.54. The summed E-state index contributed by atoms with van der Waals surface area (Å²) in [4.78, 5) is 11.3. The van der Waals surface area contributed by atoms with E-state index in [0.717, 1.165) is 30.2 Å². The number of nitrogens with zero attached hydrogens (tertiary/aromatic N) is 2. The Morgan fingerprint density at radius 1 is 0.967 bits per heavy atom. The molecule has 0 atom stereocenters. The molecule has 0 bridgehead atoms. The van der Waals surface area contributed by atoms with Crippen LogP contribution in [0.1, 0.15) is 22.2 Å². The molecule has 8 heteroatoms. The van der Waals surface area contributed by atoms with Crippen molar-refractivity contribution in [1.29, 1.82) is 0 Å². The lowest BCUT2D eigenvalue weighted by Gasteiger charge is -2.11. The Balaban J connectivity index is 0.00000320. The van der Waals surface area contributed by atoms with Gasteiger partial charge in [-0.1, -0.05) is 13.0 Å². The van der Waals surface area contributed by atoms with E-state index in [1.807, 2.05) is 47.7 Å². The highest BCUT2D eigenvalue weighted by Crippen LogP contribution is 2.22. The molecule has 0 aliphatic carbocycles. The number of benzene rings is 1. The van der Waals surface area contributed by atoms with E-state index in [4.69, 9.17) is 9.47 Å². The summed E-state index contributed by atoms with van der Waals surface area (Å²) in [6, 6.07) is 15.6. The number of hydrogen-bond donors (Lipinski definition) is 2. The number of hydrogen-bond acceptors (Lipinski definition) is 5. The second-order valence-electron chi connectivity index (χ2n) is 6.28. The molecular weight excluding hydrogens is 511 g/mol. The maximum Gasteiger partial charge on any atom is 0.219 e. The molecule has 0 aliphatic heterocycles. The van der Waals surface area contributed by atoms with Gasteiger partial charge in [-0.25, -0.2) is 4.98 Å². The summed E-state index contributed by atoms with van der Waals surface area (Å²) in [5.41, 5.74) is 1.04. The topological polar surface area (TPSA) is 67.8 Å². The predicted octanol–water partition coefficient (Wildman–Crippen LogP) is 4.99. The summed E-state index contributed by atoms with van der Waals surface area (Å²) >= 11 is 1.83. The van der Waals surface area contributed by atoms with Gasteiger partial charge < -0.3 is 20.1 Å². The van der Waals surface area contributed by atoms with E-state index >= 15 is 0 Å². The fraction of sp³-hybridized carbons (Fsp3) is 0.273. The fourth-order valence-corrected chi connectivity index (χ4v) is 3.52. The maximum atomic E-state index is 5.76. The number of aromatic nitrogens is 1. The van der Waals surface area contributed by atoms with E-state index in [1.54, 1.807) is 20.4 Å². The van der Waals surface area contributed by atoms with E-state index in [1.165, 1.54) is 9.75 Å². The van der Waals surface area contributed by atoms with Gasteiger partial charge >= 0.3 is 0 Å². The third-order valence-electron chi connectivity index (χ3n) is 4.26. The number of thiophene rings is 1. The molecule has 0 saturated carbocycles. The molecule has 3 rings (SSSR count). The minimum atomic E-state index is 0. The summed E-state index contributed by atoms with van der Waals surface area (Å²) in [5, 5.41) is 6.65. The number of aliphatic imine (C=N–C) groups is 1. The van der Waals surface area contributed by atoms with Gasteiger partial charge in [0.1, 0.15) is 11.5 Å². The lowest BCUT2D eigenvalue weighted by Crippen LogP contribution is -2.36. The van der Waals surface area contributed by atoms with Crippen molar-refractivity contribution in [2.24, 2.45) is 4.99 Å². The molecule has 0 radical (unpaired) electrons. The van der Waals surface area contributed by atoms with E-state index in [2.05, 4.69) is 39.7 Å². The van der Waals surface area contributed by atoms with Crippen LogP contribution in [0.25, 0.3) is 0 Å². The number of rotatable bonds is 8. The Morgan fingerprint density at radius 2 is 1.67 bits per heavy atom. The molecule has 0 saturated heterocycles. The zero-order valence-electron chi connectivity index (χ0n) is 17.3. The summed E-state index contributed by atoms with van der Waals surface area (Å²) < 4.78 is 10.9. The van der Waals surface area contributed by atoms with Gasteiger partial charge in [0.25, 0.3) is 0 Å². The molecule has 0 unspecified atom stereocenters. The minimum Gasteiger partial charge on any atom is -0.497 e. The van der Waals surface area contributed by atoms with E-state index in [0.29, 0.717) is 18.2 Å². The number of nitrogens with one attached hydrogen (secondary N) is 2. The first-order chi connectivity index (χ1) is 14.2. The number of halogens is 1. The van der Waals surface area contributed by atoms with Gasteiger partial charge in [0, 0.05) is 35.6 Å². The summed E-state index contributed by atoms with van der Waals surface area (Å²) in [7, 11) is 3.41. The minimum absolute atomic E-state index is 0. The molecule has 2 heterocycles. The van der Waals surface area contributed by atoms with Crippen LogP contribution in [-0.2, 0) is 19.5 Å². The third-order valence-corrected chi connectivity index (χ3v) is 5.49. The van der Waals surface area contributed by atoms with Crippen molar-refractivity contribution in [3.05, 3.63) is 70.0 Å². The van der Waals surface area contributed by atoms with Crippen LogP contribution in [0.5, 0.6) is 17.4 Å². The third kappa shape index (κ3) is 7.17. The lowest BCUT2D eigenvalue weighted by molar-refractivity contribution is 0.412. The van der Waals surface area contributed by atoms with Gasteiger partial charge in [0.05, 0.1) is 13.7 Å². The SMILES string of the molecule is CCc1ccc(CNC(=NC)NCc2ccc(Oc3ccc(OC)cc3)nc2)s1.I. The molecule has 3 aromatic rings. The number of guanidine groups is 1. The standard InChI is InChI=1S/C22H26N4O2S.HI/c1-4-19-10-11-20(29-19)15-26-22(23-2)25-14-16-5-12-21(24-13-16)28-18-8-6-17(27-3)7-9-18;/h5-13H,4,14-15H2,1-3H3,(H2,23,25,26);1H. The van der Waals surface area contributed by atoms with Crippen LogP contribution in [0.2, 0.25) is 0 Å².